The van der Waals surface area contributed by atoms with Crippen LogP contribution in [0.5, 0.6) is 0 Å². The highest BCUT2D eigenvalue weighted by molar-refractivity contribution is 5.93. The van der Waals surface area contributed by atoms with Gasteiger partial charge in [-0.15, -0.1) is 0 Å². The normalized spacial score (nSPS) is 22.1. The first-order valence-electron chi connectivity index (χ1n) is 7.68. The Labute approximate surface area is 131 Å². The zero-order chi connectivity index (χ0) is 16.1. The van der Waals surface area contributed by atoms with E-state index in [0.717, 1.165) is 13.1 Å². The Hall–Kier alpha value is -1.88. The number of piperidine rings is 1. The first kappa shape index (κ1) is 16.5. The number of esters is 1. The van der Waals surface area contributed by atoms with Gasteiger partial charge < -0.3 is 10.1 Å². The summed E-state index contributed by atoms with van der Waals surface area (Å²) in [6.45, 7) is 6.81. The number of amides is 1. The van der Waals surface area contributed by atoms with Crippen molar-refractivity contribution in [1.29, 1.82) is 0 Å². The summed E-state index contributed by atoms with van der Waals surface area (Å²) in [6, 6.07) is 6.72. The summed E-state index contributed by atoms with van der Waals surface area (Å²) in [5.74, 6) is 0.869. The number of methoxy groups -OCH3 is 1. The first-order valence-corrected chi connectivity index (χ1v) is 7.68. The standard InChI is InChI=1S/C17H24N2O3/c1-12-8-13(2)10-19(9-12)11-16(20)18-15-6-4-14(5-7-15)17(21)22-3/h4-7,12-13H,8-11H2,1-3H3,(H,18,20)/t12-,13-/m1/s1. The number of carbonyl (C=O) groups excluding carboxylic acids is 2. The molecule has 1 fully saturated rings. The van der Waals surface area contributed by atoms with Crippen LogP contribution in [0, 0.1) is 11.8 Å². The van der Waals surface area contributed by atoms with E-state index in [9.17, 15) is 9.59 Å². The maximum Gasteiger partial charge on any atom is 0.337 e. The number of ether oxygens (including phenoxy) is 1. The van der Waals surface area contributed by atoms with Gasteiger partial charge >= 0.3 is 5.97 Å². The number of nitrogens with zero attached hydrogens (tertiary/aromatic N) is 1. The molecule has 0 bridgehead atoms. The van der Waals surface area contributed by atoms with Gasteiger partial charge in [-0.3, -0.25) is 9.69 Å². The van der Waals surface area contributed by atoms with E-state index in [1.807, 2.05) is 0 Å². The summed E-state index contributed by atoms with van der Waals surface area (Å²) < 4.78 is 4.64. The van der Waals surface area contributed by atoms with Gasteiger partial charge in [-0.1, -0.05) is 13.8 Å². The highest BCUT2D eigenvalue weighted by Gasteiger charge is 2.23. The summed E-state index contributed by atoms with van der Waals surface area (Å²) in [7, 11) is 1.35. The van der Waals surface area contributed by atoms with E-state index >= 15 is 0 Å². The maximum atomic E-state index is 12.1. The van der Waals surface area contributed by atoms with Gasteiger partial charge in [-0.2, -0.15) is 0 Å². The molecule has 1 N–H and O–H groups in total. The second-order valence-electron chi connectivity index (χ2n) is 6.26. The number of hydrogen-bond acceptors (Lipinski definition) is 4. The molecule has 5 nitrogen and oxygen atoms in total. The molecule has 1 saturated heterocycles. The molecule has 0 aromatic heterocycles. The Morgan fingerprint density at radius 3 is 2.32 bits per heavy atom. The SMILES string of the molecule is COC(=O)c1ccc(NC(=O)CN2C[C@H](C)C[C@@H](C)C2)cc1. The molecule has 0 unspecified atom stereocenters. The Bertz CT molecular complexity index is 517. The summed E-state index contributed by atoms with van der Waals surface area (Å²) >= 11 is 0. The van der Waals surface area contributed by atoms with Crippen LogP contribution < -0.4 is 5.32 Å². The lowest BCUT2D eigenvalue weighted by molar-refractivity contribution is -0.117. The van der Waals surface area contributed by atoms with Crippen LogP contribution in [0.2, 0.25) is 0 Å². The fourth-order valence-electron chi connectivity index (χ4n) is 3.13. The topological polar surface area (TPSA) is 58.6 Å². The van der Waals surface area contributed by atoms with Crippen molar-refractivity contribution in [2.24, 2.45) is 11.8 Å². The minimum Gasteiger partial charge on any atom is -0.465 e. The lowest BCUT2D eigenvalue weighted by Crippen LogP contribution is -2.42. The molecular weight excluding hydrogens is 280 g/mol. The van der Waals surface area contributed by atoms with Crippen molar-refractivity contribution in [1.82, 2.24) is 4.90 Å². The van der Waals surface area contributed by atoms with Gasteiger partial charge in [0.1, 0.15) is 0 Å². The number of nitrogens with one attached hydrogen (secondary N) is 1. The molecule has 1 aliphatic rings. The number of anilines is 1. The Balaban J connectivity index is 1.87. The maximum absolute atomic E-state index is 12.1. The van der Waals surface area contributed by atoms with Crippen molar-refractivity contribution in [3.05, 3.63) is 29.8 Å². The molecule has 0 radical (unpaired) electrons. The molecule has 2 atom stereocenters. The highest BCUT2D eigenvalue weighted by Crippen LogP contribution is 2.20. The highest BCUT2D eigenvalue weighted by atomic mass is 16.5. The van der Waals surface area contributed by atoms with Crippen LogP contribution in [0.25, 0.3) is 0 Å². The molecule has 1 aromatic rings. The fraction of sp³-hybridized carbons (Fsp3) is 0.529. The van der Waals surface area contributed by atoms with Crippen molar-refractivity contribution >= 4 is 17.6 Å². The number of rotatable bonds is 4. The van der Waals surface area contributed by atoms with Crippen LogP contribution in [0.15, 0.2) is 24.3 Å². The van der Waals surface area contributed by atoms with Crippen LogP contribution in [-0.2, 0) is 9.53 Å². The number of benzene rings is 1. The molecule has 120 valence electrons. The molecule has 1 heterocycles. The first-order chi connectivity index (χ1) is 10.5. The van der Waals surface area contributed by atoms with Gasteiger partial charge in [0.2, 0.25) is 5.91 Å². The van der Waals surface area contributed by atoms with Crippen LogP contribution in [0.3, 0.4) is 0 Å². The molecular formula is C17H24N2O3. The number of carbonyl (C=O) groups is 2. The summed E-state index contributed by atoms with van der Waals surface area (Å²) in [5, 5.41) is 2.87. The predicted molar refractivity (Wildman–Crippen MR) is 85.8 cm³/mol. The van der Waals surface area contributed by atoms with E-state index < -0.39 is 0 Å². The number of likely N-dealkylation sites (tertiary alicyclic amines) is 1. The quantitative estimate of drug-likeness (QED) is 0.868. The van der Waals surface area contributed by atoms with Gasteiger partial charge in [-0.05, 0) is 42.5 Å². The molecule has 2 rings (SSSR count). The van der Waals surface area contributed by atoms with E-state index in [0.29, 0.717) is 29.6 Å². The molecule has 0 saturated carbocycles. The summed E-state index contributed by atoms with van der Waals surface area (Å²) in [5.41, 5.74) is 1.16. The molecule has 0 aliphatic carbocycles. The number of hydrogen-bond donors (Lipinski definition) is 1. The van der Waals surface area contributed by atoms with Crippen molar-refractivity contribution in [3.8, 4) is 0 Å². The zero-order valence-electron chi connectivity index (χ0n) is 13.5. The third-order valence-corrected chi connectivity index (χ3v) is 3.90. The van der Waals surface area contributed by atoms with E-state index in [2.05, 4.69) is 28.8 Å². The second-order valence-corrected chi connectivity index (χ2v) is 6.26. The van der Waals surface area contributed by atoms with Crippen molar-refractivity contribution in [2.75, 3.05) is 32.1 Å². The van der Waals surface area contributed by atoms with Gasteiger partial charge in [0.05, 0.1) is 19.2 Å². The van der Waals surface area contributed by atoms with Gasteiger partial charge in [0.25, 0.3) is 0 Å². The third-order valence-electron chi connectivity index (χ3n) is 3.90. The summed E-state index contributed by atoms with van der Waals surface area (Å²) in [6.07, 6.45) is 1.23. The van der Waals surface area contributed by atoms with Crippen molar-refractivity contribution < 1.29 is 14.3 Å². The summed E-state index contributed by atoms with van der Waals surface area (Å²) in [4.78, 5) is 25.7. The smallest absolute Gasteiger partial charge is 0.337 e. The van der Waals surface area contributed by atoms with Gasteiger partial charge in [0.15, 0.2) is 0 Å². The molecule has 22 heavy (non-hydrogen) atoms. The lowest BCUT2D eigenvalue weighted by Gasteiger charge is -2.34. The lowest BCUT2D eigenvalue weighted by atomic mass is 9.92. The van der Waals surface area contributed by atoms with Gasteiger partial charge in [0, 0.05) is 18.8 Å². The zero-order valence-corrected chi connectivity index (χ0v) is 13.5. The monoisotopic (exact) mass is 304 g/mol. The van der Waals surface area contributed by atoms with Crippen molar-refractivity contribution in [3.63, 3.8) is 0 Å². The largest absolute Gasteiger partial charge is 0.465 e. The second kappa shape index (κ2) is 7.40. The minimum atomic E-state index is -0.380. The van der Waals surface area contributed by atoms with E-state index in [-0.39, 0.29) is 11.9 Å². The van der Waals surface area contributed by atoms with Crippen molar-refractivity contribution in [2.45, 2.75) is 20.3 Å². The molecule has 1 aromatic carbocycles. The predicted octanol–water partition coefficient (Wildman–Crippen LogP) is 2.39. The third kappa shape index (κ3) is 4.56. The van der Waals surface area contributed by atoms with Crippen LogP contribution in [0.4, 0.5) is 5.69 Å². The average molecular weight is 304 g/mol. The fourth-order valence-corrected chi connectivity index (χ4v) is 3.13. The molecule has 5 heteroatoms. The molecule has 1 aliphatic heterocycles. The Morgan fingerprint density at radius 2 is 1.77 bits per heavy atom. The van der Waals surface area contributed by atoms with Crippen LogP contribution >= 0.6 is 0 Å². The minimum absolute atomic E-state index is 0.0212. The van der Waals surface area contributed by atoms with Crippen LogP contribution in [-0.4, -0.2) is 43.5 Å². The Morgan fingerprint density at radius 1 is 1.18 bits per heavy atom. The van der Waals surface area contributed by atoms with Gasteiger partial charge in [-0.25, -0.2) is 4.79 Å². The van der Waals surface area contributed by atoms with E-state index in [1.54, 1.807) is 24.3 Å². The van der Waals surface area contributed by atoms with Crippen LogP contribution in [0.1, 0.15) is 30.6 Å². The van der Waals surface area contributed by atoms with E-state index in [4.69, 9.17) is 0 Å². The Kier molecular flexibility index (Phi) is 5.55. The average Bonchev–Trinajstić information content (AvgIpc) is 2.46. The van der Waals surface area contributed by atoms with E-state index in [1.165, 1.54) is 13.5 Å². The molecule has 0 spiro atoms. The molecule has 1 amide bonds.